The number of benzene rings is 11. The normalized spacial score (nSPS) is 15.6. The molecule has 11 aromatic carbocycles. The van der Waals surface area contributed by atoms with Crippen molar-refractivity contribution in [3.8, 4) is 55.6 Å². The first kappa shape index (κ1) is 42.8. The average molecular weight is 976 g/mol. The lowest BCUT2D eigenvalue weighted by molar-refractivity contribution is 0.671. The lowest BCUT2D eigenvalue weighted by atomic mass is 9.53. The van der Waals surface area contributed by atoms with Gasteiger partial charge in [0, 0.05) is 0 Å². The van der Waals surface area contributed by atoms with Gasteiger partial charge >= 0.3 is 0 Å². The summed E-state index contributed by atoms with van der Waals surface area (Å²) >= 11 is 0. The van der Waals surface area contributed by atoms with Crippen molar-refractivity contribution in [2.24, 2.45) is 0 Å². The Kier molecular flexibility index (Phi) is 8.49. The molecule has 3 heterocycles. The molecular formula is C76H49N. The summed E-state index contributed by atoms with van der Waals surface area (Å²) in [7, 11) is 0. The van der Waals surface area contributed by atoms with Gasteiger partial charge in [-0.15, -0.1) is 0 Å². The van der Waals surface area contributed by atoms with Crippen LogP contribution in [0, 0.1) is 0 Å². The molecule has 3 spiro atoms. The van der Waals surface area contributed by atoms with Gasteiger partial charge in [-0.25, -0.2) is 0 Å². The first-order valence-electron chi connectivity index (χ1n) is 27.1. The highest BCUT2D eigenvalue weighted by molar-refractivity contribution is 6.09. The fraction of sp³-hybridized carbons (Fsp3) is 0.0526. The third-order valence-corrected chi connectivity index (χ3v) is 18.5. The summed E-state index contributed by atoms with van der Waals surface area (Å²) < 4.78 is 0. The van der Waals surface area contributed by atoms with Crippen molar-refractivity contribution >= 4 is 22.6 Å². The van der Waals surface area contributed by atoms with Crippen LogP contribution in [0.1, 0.15) is 79.2 Å². The van der Waals surface area contributed by atoms with Crippen LogP contribution in [0.4, 0.5) is 17.1 Å². The smallest absolute Gasteiger partial charge is 0.0754 e. The molecule has 1 heteroatoms. The second-order valence-corrected chi connectivity index (χ2v) is 21.8. The van der Waals surface area contributed by atoms with Crippen LogP contribution in [0.25, 0.3) is 61.2 Å². The molecule has 0 atom stereocenters. The molecule has 0 radical (unpaired) electrons. The summed E-state index contributed by atoms with van der Waals surface area (Å²) in [6, 6.07) is 93.7. The second kappa shape index (κ2) is 15.3. The predicted octanol–water partition coefficient (Wildman–Crippen LogP) is 18.7. The molecule has 6 aliphatic rings. The molecule has 0 N–H and O–H groups in total. The first-order valence-corrected chi connectivity index (χ1v) is 27.1. The van der Waals surface area contributed by atoms with E-state index in [2.05, 4.69) is 279 Å². The van der Waals surface area contributed by atoms with Crippen LogP contribution in [-0.2, 0) is 16.2 Å². The largest absolute Gasteiger partial charge is 0.308 e. The topological polar surface area (TPSA) is 3.24 Å². The highest BCUT2D eigenvalue weighted by Crippen LogP contribution is 2.76. The lowest BCUT2D eigenvalue weighted by Gasteiger charge is -2.57. The van der Waals surface area contributed by atoms with Gasteiger partial charge in [-0.05, 0) is 177 Å². The standard InChI is InChI=1S/C76H49N/c1-3-4-7-24-47(2)50-41-65-71-66(42-50)75(61-37-20-14-31-55(61)56-32-15-21-38-62(56)75)68-44-52(49-27-10-6-11-28-49)46-70-73(68)77(71)72-67(74(65)59-35-18-12-29-53(59)54-30-13-19-36-60(54)74)43-51(48-25-8-5-9-26-48)45-69(72)76(70)63-39-22-16-33-57(63)58-34-17-23-40-64(58)76/h3-46H,2H2,1H3/b4-3-,24-7-. The van der Waals surface area contributed by atoms with Gasteiger partial charge < -0.3 is 4.90 Å². The molecule has 0 fully saturated rings. The molecule has 77 heavy (non-hydrogen) atoms. The summed E-state index contributed by atoms with van der Waals surface area (Å²) in [6.07, 6.45) is 8.54. The van der Waals surface area contributed by atoms with Crippen LogP contribution in [0.15, 0.2) is 274 Å². The minimum Gasteiger partial charge on any atom is -0.308 e. The molecule has 3 aliphatic carbocycles. The highest BCUT2D eigenvalue weighted by Gasteiger charge is 2.64. The zero-order chi connectivity index (χ0) is 50.8. The summed E-state index contributed by atoms with van der Waals surface area (Å²) in [6.45, 7) is 7.01. The Morgan fingerprint density at radius 1 is 0.312 bits per heavy atom. The predicted molar refractivity (Wildman–Crippen MR) is 318 cm³/mol. The molecule has 0 aromatic heterocycles. The SMILES string of the molecule is C=C(/C=C\C=C/C)c1cc2c3c(c1)C1(c4ccccc4-c4ccccc41)c1cc(-c4ccccc4)cc4c1N3c1c(cc(-c3ccccc3)cc1C41c3ccccc3-c3ccccc31)C21c2ccccc2-c2ccccc21. The number of nitrogens with zero attached hydrogens (tertiary/aromatic N) is 1. The van der Waals surface area contributed by atoms with E-state index in [0.29, 0.717) is 0 Å². The minimum atomic E-state index is -0.761. The Bertz CT molecular complexity index is 4130. The van der Waals surface area contributed by atoms with Crippen LogP contribution < -0.4 is 4.90 Å². The van der Waals surface area contributed by atoms with E-state index >= 15 is 0 Å². The third-order valence-electron chi connectivity index (χ3n) is 18.5. The molecule has 0 bridgehead atoms. The monoisotopic (exact) mass is 975 g/mol. The van der Waals surface area contributed by atoms with E-state index in [1.165, 1.54) is 139 Å². The molecule has 358 valence electrons. The zero-order valence-corrected chi connectivity index (χ0v) is 42.6. The molecule has 0 saturated carbocycles. The fourth-order valence-corrected chi connectivity index (χ4v) is 15.7. The number of hydrogen-bond donors (Lipinski definition) is 0. The summed E-state index contributed by atoms with van der Waals surface area (Å²) in [5, 5.41) is 0. The van der Waals surface area contributed by atoms with E-state index in [4.69, 9.17) is 6.58 Å². The molecule has 17 rings (SSSR count). The minimum absolute atomic E-state index is 0.744. The van der Waals surface area contributed by atoms with E-state index in [1.54, 1.807) is 0 Å². The Balaban J connectivity index is 1.18. The second-order valence-electron chi connectivity index (χ2n) is 21.8. The van der Waals surface area contributed by atoms with E-state index < -0.39 is 16.2 Å². The Morgan fingerprint density at radius 2 is 0.584 bits per heavy atom. The third kappa shape index (κ3) is 5.06. The van der Waals surface area contributed by atoms with Gasteiger partial charge in [-0.1, -0.05) is 237 Å². The van der Waals surface area contributed by atoms with E-state index in [0.717, 1.165) is 11.1 Å². The van der Waals surface area contributed by atoms with Crippen LogP contribution in [0.5, 0.6) is 0 Å². The van der Waals surface area contributed by atoms with Crippen molar-refractivity contribution in [1.29, 1.82) is 0 Å². The number of hydrogen-bond acceptors (Lipinski definition) is 1. The van der Waals surface area contributed by atoms with Crippen LogP contribution >= 0.6 is 0 Å². The van der Waals surface area contributed by atoms with Crippen molar-refractivity contribution in [2.45, 2.75) is 23.2 Å². The molecule has 3 aliphatic heterocycles. The van der Waals surface area contributed by atoms with Gasteiger partial charge in [0.2, 0.25) is 0 Å². The number of fused-ring (bicyclic) bond motifs is 21. The average Bonchev–Trinajstić information content (AvgIpc) is 4.18. The Labute approximate surface area is 449 Å². The number of allylic oxidation sites excluding steroid dienone is 5. The number of rotatable bonds is 5. The quantitative estimate of drug-likeness (QED) is 0.155. The van der Waals surface area contributed by atoms with Crippen molar-refractivity contribution < 1.29 is 0 Å². The van der Waals surface area contributed by atoms with Crippen molar-refractivity contribution in [3.05, 3.63) is 346 Å². The molecule has 0 amide bonds. The van der Waals surface area contributed by atoms with Gasteiger partial charge in [0.15, 0.2) is 0 Å². The van der Waals surface area contributed by atoms with E-state index in [-0.39, 0.29) is 0 Å². The van der Waals surface area contributed by atoms with Gasteiger partial charge in [-0.2, -0.15) is 0 Å². The van der Waals surface area contributed by atoms with Gasteiger partial charge in [0.05, 0.1) is 33.3 Å². The zero-order valence-electron chi connectivity index (χ0n) is 42.6. The van der Waals surface area contributed by atoms with Crippen molar-refractivity contribution in [1.82, 2.24) is 0 Å². The molecule has 0 saturated heterocycles. The highest BCUT2D eigenvalue weighted by atomic mass is 15.2. The van der Waals surface area contributed by atoms with Crippen LogP contribution in [-0.4, -0.2) is 0 Å². The van der Waals surface area contributed by atoms with Gasteiger partial charge in [-0.3, -0.25) is 0 Å². The fourth-order valence-electron chi connectivity index (χ4n) is 15.7. The molecule has 11 aromatic rings. The molecule has 1 nitrogen and oxygen atoms in total. The summed E-state index contributed by atoms with van der Waals surface area (Å²) in [5.41, 5.74) is 31.7. The number of anilines is 3. The van der Waals surface area contributed by atoms with E-state index in [9.17, 15) is 0 Å². The lowest BCUT2D eigenvalue weighted by Crippen LogP contribution is -2.48. The molecule has 0 unspecified atom stereocenters. The summed E-state index contributed by atoms with van der Waals surface area (Å²) in [5.74, 6) is 0. The maximum Gasteiger partial charge on any atom is 0.0754 e. The van der Waals surface area contributed by atoms with Crippen molar-refractivity contribution in [3.63, 3.8) is 0 Å². The van der Waals surface area contributed by atoms with Crippen LogP contribution in [0.2, 0.25) is 0 Å². The first-order chi connectivity index (χ1) is 38.1. The van der Waals surface area contributed by atoms with Crippen molar-refractivity contribution in [2.75, 3.05) is 4.90 Å². The van der Waals surface area contributed by atoms with E-state index in [1.807, 2.05) is 0 Å². The van der Waals surface area contributed by atoms with Crippen LogP contribution in [0.3, 0.4) is 0 Å². The van der Waals surface area contributed by atoms with Gasteiger partial charge in [0.1, 0.15) is 0 Å². The maximum absolute atomic E-state index is 4.94. The Hall–Kier alpha value is -9.56. The van der Waals surface area contributed by atoms with Gasteiger partial charge in [0.25, 0.3) is 0 Å². The Morgan fingerprint density at radius 3 is 0.883 bits per heavy atom. The maximum atomic E-state index is 4.94. The molecular weight excluding hydrogens is 927 g/mol. The summed E-state index contributed by atoms with van der Waals surface area (Å²) in [4.78, 5) is 2.80.